The van der Waals surface area contributed by atoms with Gasteiger partial charge in [0.1, 0.15) is 5.65 Å². The van der Waals surface area contributed by atoms with Gasteiger partial charge in [-0.15, -0.1) is 0 Å². The summed E-state index contributed by atoms with van der Waals surface area (Å²) in [6, 6.07) is 1.69. The van der Waals surface area contributed by atoms with Gasteiger partial charge in [-0.3, -0.25) is 0 Å². The van der Waals surface area contributed by atoms with Crippen molar-refractivity contribution in [1.29, 1.82) is 0 Å². The van der Waals surface area contributed by atoms with E-state index < -0.39 is 11.7 Å². The maximum atomic E-state index is 13.0. The van der Waals surface area contributed by atoms with Crippen LogP contribution in [0, 0.1) is 0 Å². The Hall–Kier alpha value is -1.52. The average Bonchev–Trinajstić information content (AvgIpc) is 2.61. The molecule has 0 atom stereocenters. The van der Waals surface area contributed by atoms with Gasteiger partial charge in [-0.2, -0.15) is 13.2 Å². The van der Waals surface area contributed by atoms with Crippen LogP contribution in [0.4, 0.5) is 13.2 Å². The molecule has 1 fully saturated rings. The van der Waals surface area contributed by atoms with Crippen LogP contribution in [0.5, 0.6) is 0 Å². The molecule has 90 valence electrons. The van der Waals surface area contributed by atoms with Gasteiger partial charge in [0.2, 0.25) is 0 Å². The lowest BCUT2D eigenvalue weighted by Crippen LogP contribution is -2.17. The van der Waals surface area contributed by atoms with Gasteiger partial charge >= 0.3 is 6.18 Å². The number of hydrogen-bond acceptors (Lipinski definition) is 1. The van der Waals surface area contributed by atoms with Crippen LogP contribution in [0.25, 0.3) is 11.0 Å². The number of pyridine rings is 1. The van der Waals surface area contributed by atoms with Crippen molar-refractivity contribution in [2.45, 2.75) is 31.4 Å². The van der Waals surface area contributed by atoms with E-state index in [4.69, 9.17) is 0 Å². The predicted octanol–water partition coefficient (Wildman–Crippen LogP) is 3.85. The van der Waals surface area contributed by atoms with E-state index in [1.165, 1.54) is 0 Å². The van der Waals surface area contributed by atoms with Crippen LogP contribution in [0.15, 0.2) is 18.5 Å². The largest absolute Gasteiger partial charge is 0.418 e. The molecule has 1 N–H and O–H groups in total. The van der Waals surface area contributed by atoms with Crippen molar-refractivity contribution in [2.75, 3.05) is 0 Å². The first-order valence-electron chi connectivity index (χ1n) is 5.60. The summed E-state index contributed by atoms with van der Waals surface area (Å²) in [4.78, 5) is 6.70. The lowest BCUT2D eigenvalue weighted by atomic mass is 9.77. The van der Waals surface area contributed by atoms with Crippen molar-refractivity contribution in [3.05, 3.63) is 29.6 Å². The number of fused-ring (bicyclic) bond motifs is 1. The smallest absolute Gasteiger partial charge is 0.346 e. The van der Waals surface area contributed by atoms with Crippen LogP contribution in [0.2, 0.25) is 0 Å². The van der Waals surface area contributed by atoms with E-state index >= 15 is 0 Å². The van der Waals surface area contributed by atoms with Crippen molar-refractivity contribution >= 4 is 11.0 Å². The van der Waals surface area contributed by atoms with E-state index in [0.29, 0.717) is 16.6 Å². The first-order chi connectivity index (χ1) is 8.07. The third kappa shape index (κ3) is 1.61. The molecule has 17 heavy (non-hydrogen) atoms. The van der Waals surface area contributed by atoms with Gasteiger partial charge in [0.15, 0.2) is 0 Å². The Morgan fingerprint density at radius 3 is 2.65 bits per heavy atom. The average molecular weight is 240 g/mol. The van der Waals surface area contributed by atoms with Crippen molar-refractivity contribution in [2.24, 2.45) is 0 Å². The first-order valence-corrected chi connectivity index (χ1v) is 5.60. The molecule has 2 aromatic rings. The molecule has 0 radical (unpaired) electrons. The Bertz CT molecular complexity index is 552. The standard InChI is InChI=1S/C12H11F3N2/c13-12(14,15)9-6-17-11-8(4-5-16-11)10(9)7-2-1-3-7/h4-7H,1-3H2,(H,16,17). The van der Waals surface area contributed by atoms with E-state index in [1.54, 1.807) is 12.3 Å². The van der Waals surface area contributed by atoms with Crippen LogP contribution < -0.4 is 0 Å². The summed E-state index contributed by atoms with van der Waals surface area (Å²) in [6.07, 6.45) is 0.965. The van der Waals surface area contributed by atoms with Crippen molar-refractivity contribution in [3.8, 4) is 0 Å². The molecule has 0 saturated heterocycles. The molecule has 0 aliphatic heterocycles. The zero-order chi connectivity index (χ0) is 12.0. The molecule has 1 aliphatic carbocycles. The van der Waals surface area contributed by atoms with Gasteiger partial charge in [-0.05, 0) is 30.4 Å². The molecule has 3 rings (SSSR count). The number of nitrogens with one attached hydrogen (secondary N) is 1. The third-order valence-corrected chi connectivity index (χ3v) is 3.45. The highest BCUT2D eigenvalue weighted by Crippen LogP contribution is 2.45. The maximum Gasteiger partial charge on any atom is 0.418 e. The van der Waals surface area contributed by atoms with Gasteiger partial charge in [0.25, 0.3) is 0 Å². The summed E-state index contributed by atoms with van der Waals surface area (Å²) in [7, 11) is 0. The predicted molar refractivity (Wildman–Crippen MR) is 57.7 cm³/mol. The zero-order valence-electron chi connectivity index (χ0n) is 9.01. The van der Waals surface area contributed by atoms with E-state index in [9.17, 15) is 13.2 Å². The number of rotatable bonds is 1. The topological polar surface area (TPSA) is 28.7 Å². The van der Waals surface area contributed by atoms with E-state index in [-0.39, 0.29) is 5.92 Å². The molecule has 0 aromatic carbocycles. The van der Waals surface area contributed by atoms with Crippen molar-refractivity contribution in [3.63, 3.8) is 0 Å². The first kappa shape index (κ1) is 10.6. The van der Waals surface area contributed by atoms with Crippen molar-refractivity contribution in [1.82, 2.24) is 9.97 Å². The summed E-state index contributed by atoms with van der Waals surface area (Å²) in [5, 5.41) is 0.615. The fourth-order valence-electron chi connectivity index (χ4n) is 2.39. The van der Waals surface area contributed by atoms with Crippen molar-refractivity contribution < 1.29 is 13.2 Å². The molecule has 1 aliphatic rings. The third-order valence-electron chi connectivity index (χ3n) is 3.45. The maximum absolute atomic E-state index is 13.0. The van der Waals surface area contributed by atoms with E-state index in [0.717, 1.165) is 25.5 Å². The highest BCUT2D eigenvalue weighted by Gasteiger charge is 2.38. The number of hydrogen-bond donors (Lipinski definition) is 1. The Morgan fingerprint density at radius 2 is 2.06 bits per heavy atom. The number of H-pyrrole nitrogens is 1. The van der Waals surface area contributed by atoms with Crippen LogP contribution in [-0.4, -0.2) is 9.97 Å². The molecule has 0 unspecified atom stereocenters. The minimum Gasteiger partial charge on any atom is -0.346 e. The lowest BCUT2D eigenvalue weighted by molar-refractivity contribution is -0.138. The summed E-state index contributed by atoms with van der Waals surface area (Å²) in [5.74, 6) is 0.0351. The van der Waals surface area contributed by atoms with Crippen LogP contribution >= 0.6 is 0 Å². The second-order valence-corrected chi connectivity index (χ2v) is 4.45. The molecule has 0 amide bonds. The molecule has 0 bridgehead atoms. The van der Waals surface area contributed by atoms with Gasteiger partial charge in [-0.25, -0.2) is 4.98 Å². The summed E-state index contributed by atoms with van der Waals surface area (Å²) in [5.41, 5.74) is 0.393. The molecule has 2 heterocycles. The quantitative estimate of drug-likeness (QED) is 0.805. The Balaban J connectivity index is 2.26. The monoisotopic (exact) mass is 240 g/mol. The molecule has 2 nitrogen and oxygen atoms in total. The summed E-state index contributed by atoms with van der Waals surface area (Å²) in [6.45, 7) is 0. The van der Waals surface area contributed by atoms with Gasteiger partial charge < -0.3 is 4.98 Å². The van der Waals surface area contributed by atoms with Crippen LogP contribution in [0.1, 0.15) is 36.3 Å². The summed E-state index contributed by atoms with van der Waals surface area (Å²) < 4.78 is 38.9. The number of aromatic amines is 1. The van der Waals surface area contributed by atoms with E-state index in [1.807, 2.05) is 0 Å². The fraction of sp³-hybridized carbons (Fsp3) is 0.417. The van der Waals surface area contributed by atoms with Gasteiger partial charge in [-0.1, -0.05) is 6.42 Å². The Labute approximate surface area is 95.9 Å². The molecule has 5 heteroatoms. The van der Waals surface area contributed by atoms with E-state index in [2.05, 4.69) is 9.97 Å². The SMILES string of the molecule is FC(F)(F)c1cnc2[nH]ccc2c1C1CCC1. The number of alkyl halides is 3. The number of halogens is 3. The fourth-order valence-corrected chi connectivity index (χ4v) is 2.39. The highest BCUT2D eigenvalue weighted by molar-refractivity contribution is 5.81. The zero-order valence-corrected chi connectivity index (χ0v) is 9.01. The number of aromatic nitrogens is 2. The second kappa shape index (κ2) is 3.48. The normalized spacial score (nSPS) is 17.4. The highest BCUT2D eigenvalue weighted by atomic mass is 19.4. The molecule has 2 aromatic heterocycles. The van der Waals surface area contributed by atoms with Gasteiger partial charge in [0, 0.05) is 17.8 Å². The molecule has 1 saturated carbocycles. The minimum absolute atomic E-state index is 0.0351. The Morgan fingerprint density at radius 1 is 1.29 bits per heavy atom. The van der Waals surface area contributed by atoms with Crippen LogP contribution in [0.3, 0.4) is 0 Å². The molecule has 0 spiro atoms. The minimum atomic E-state index is -4.32. The molecular weight excluding hydrogens is 229 g/mol. The second-order valence-electron chi connectivity index (χ2n) is 4.45. The number of nitrogens with zero attached hydrogens (tertiary/aromatic N) is 1. The molecular formula is C12H11F3N2. The van der Waals surface area contributed by atoms with Crippen LogP contribution in [-0.2, 0) is 6.18 Å². The Kier molecular flexibility index (Phi) is 2.18. The lowest BCUT2D eigenvalue weighted by Gasteiger charge is -2.29. The summed E-state index contributed by atoms with van der Waals surface area (Å²) >= 11 is 0. The van der Waals surface area contributed by atoms with Gasteiger partial charge in [0.05, 0.1) is 5.56 Å².